The van der Waals surface area contributed by atoms with E-state index in [1.807, 2.05) is 0 Å². The predicted molar refractivity (Wildman–Crippen MR) is 134 cm³/mol. The lowest BCUT2D eigenvalue weighted by molar-refractivity contribution is 0.0640. The van der Waals surface area contributed by atoms with E-state index in [-0.39, 0.29) is 56.1 Å². The number of sulfonamides is 1. The van der Waals surface area contributed by atoms with Crippen LogP contribution in [0, 0.1) is 9.39 Å². The van der Waals surface area contributed by atoms with Crippen LogP contribution in [-0.2, 0) is 24.6 Å². The highest BCUT2D eigenvalue weighted by atomic mass is 127. The summed E-state index contributed by atoms with van der Waals surface area (Å²) in [6.45, 7) is -0.178. The minimum absolute atomic E-state index is 0.0108. The molecule has 2 heterocycles. The number of rotatable bonds is 8. The zero-order valence-electron chi connectivity index (χ0n) is 18.3. The average molecular weight is 639 g/mol. The van der Waals surface area contributed by atoms with Gasteiger partial charge in [0.15, 0.2) is 11.6 Å². The number of ether oxygens (including phenoxy) is 1. The van der Waals surface area contributed by atoms with E-state index in [4.69, 9.17) is 10.2 Å². The number of furan rings is 1. The highest BCUT2D eigenvalue weighted by molar-refractivity contribution is 14.1. The molecule has 0 unspecified atom stereocenters. The van der Waals surface area contributed by atoms with Crippen LogP contribution in [0.25, 0.3) is 22.4 Å². The van der Waals surface area contributed by atoms with Gasteiger partial charge in [-0.1, -0.05) is 0 Å². The third-order valence-electron chi connectivity index (χ3n) is 4.63. The molecule has 0 spiro atoms. The van der Waals surface area contributed by atoms with Crippen LogP contribution in [0.4, 0.5) is 15.0 Å². The van der Waals surface area contributed by atoms with Gasteiger partial charge in [0.1, 0.15) is 21.2 Å². The number of aromatic nitrogens is 1. The topological polar surface area (TPSA) is 167 Å². The van der Waals surface area contributed by atoms with E-state index in [1.165, 1.54) is 18.2 Å². The van der Waals surface area contributed by atoms with Gasteiger partial charge in [-0.15, -0.1) is 0 Å². The van der Waals surface area contributed by atoms with Gasteiger partial charge in [-0.25, -0.2) is 30.8 Å². The molecule has 0 bridgehead atoms. The number of carbonyl (C=O) groups is 2. The van der Waals surface area contributed by atoms with E-state index in [0.717, 1.165) is 28.9 Å². The highest BCUT2D eigenvalue weighted by Gasteiger charge is 2.29. The Morgan fingerprint density at radius 3 is 2.34 bits per heavy atom. The molecule has 3 aromatic rings. The van der Waals surface area contributed by atoms with Gasteiger partial charge in [-0.05, 0) is 59.3 Å². The first-order chi connectivity index (χ1) is 16.2. The standard InChI is InChI=1S/C20H19FIN3O8S2/c1-34(28,29)9-3-8-25(35(2,30)31)17-14(22)10-13-15(19(26)33-20(23)27)16(32-18(13)24-17)11-4-6-12(21)7-5-11/h4-7,10H,3,8-9H2,1-2H3,(H2,23,27). The molecule has 188 valence electrons. The monoisotopic (exact) mass is 639 g/mol. The maximum Gasteiger partial charge on any atom is 0.412 e. The molecule has 3 rings (SSSR count). The number of benzene rings is 1. The molecule has 0 saturated carbocycles. The first-order valence-corrected chi connectivity index (χ1v) is 14.7. The van der Waals surface area contributed by atoms with Crippen molar-refractivity contribution in [3.05, 3.63) is 45.3 Å². The number of primary amides is 1. The summed E-state index contributed by atoms with van der Waals surface area (Å²) in [4.78, 5) is 28.1. The maximum absolute atomic E-state index is 13.4. The van der Waals surface area contributed by atoms with E-state index >= 15 is 0 Å². The Hall–Kier alpha value is -2.79. The molecule has 0 aliphatic carbocycles. The van der Waals surface area contributed by atoms with Crippen LogP contribution < -0.4 is 10.0 Å². The number of hydrogen-bond acceptors (Lipinski definition) is 9. The molecule has 0 aliphatic rings. The van der Waals surface area contributed by atoms with Crippen molar-refractivity contribution in [2.45, 2.75) is 6.42 Å². The van der Waals surface area contributed by atoms with Gasteiger partial charge in [0.25, 0.3) is 0 Å². The first-order valence-electron chi connectivity index (χ1n) is 9.73. The summed E-state index contributed by atoms with van der Waals surface area (Å²) in [5.74, 6) is -2.08. The summed E-state index contributed by atoms with van der Waals surface area (Å²) in [5.41, 5.74) is 4.84. The summed E-state index contributed by atoms with van der Waals surface area (Å²) in [6, 6.07) is 6.31. The summed E-state index contributed by atoms with van der Waals surface area (Å²) >= 11 is 1.80. The molecular weight excluding hydrogens is 620 g/mol. The number of anilines is 1. The molecule has 0 fully saturated rings. The summed E-state index contributed by atoms with van der Waals surface area (Å²) in [7, 11) is -7.21. The zero-order chi connectivity index (χ0) is 26.1. The second-order valence-electron chi connectivity index (χ2n) is 7.49. The van der Waals surface area contributed by atoms with Gasteiger partial charge < -0.3 is 14.9 Å². The molecule has 0 saturated heterocycles. The molecule has 1 amide bonds. The van der Waals surface area contributed by atoms with Crippen molar-refractivity contribution < 1.29 is 40.0 Å². The van der Waals surface area contributed by atoms with E-state index in [2.05, 4.69) is 9.72 Å². The van der Waals surface area contributed by atoms with Crippen molar-refractivity contribution in [1.29, 1.82) is 0 Å². The molecule has 15 heteroatoms. The Morgan fingerprint density at radius 2 is 1.80 bits per heavy atom. The lowest BCUT2D eigenvalue weighted by Crippen LogP contribution is -2.33. The lowest BCUT2D eigenvalue weighted by atomic mass is 10.1. The van der Waals surface area contributed by atoms with Crippen LogP contribution in [0.2, 0.25) is 0 Å². The molecule has 0 radical (unpaired) electrons. The number of pyridine rings is 1. The zero-order valence-corrected chi connectivity index (χ0v) is 22.1. The Morgan fingerprint density at radius 1 is 1.17 bits per heavy atom. The number of nitrogens with zero attached hydrogens (tertiary/aromatic N) is 2. The molecule has 11 nitrogen and oxygen atoms in total. The quantitative estimate of drug-likeness (QED) is 0.222. The molecule has 0 atom stereocenters. The number of hydrogen-bond donors (Lipinski definition) is 1. The van der Waals surface area contributed by atoms with Crippen LogP contribution in [-0.4, -0.2) is 58.7 Å². The van der Waals surface area contributed by atoms with Crippen molar-refractivity contribution >= 4 is 71.4 Å². The third kappa shape index (κ3) is 6.46. The Labute approximate surface area is 213 Å². The smallest absolute Gasteiger partial charge is 0.412 e. The number of sulfone groups is 1. The number of halogens is 2. The Bertz CT molecular complexity index is 1520. The van der Waals surface area contributed by atoms with Crippen molar-refractivity contribution in [1.82, 2.24) is 4.98 Å². The second kappa shape index (κ2) is 10.1. The van der Waals surface area contributed by atoms with Crippen LogP contribution in [0.1, 0.15) is 16.8 Å². The van der Waals surface area contributed by atoms with E-state index < -0.39 is 37.7 Å². The molecular formula is C20H19FIN3O8S2. The number of esters is 1. The molecule has 2 N–H and O–H groups in total. The Balaban J connectivity index is 2.19. The highest BCUT2D eigenvalue weighted by Crippen LogP contribution is 2.37. The third-order valence-corrected chi connectivity index (χ3v) is 7.61. The van der Waals surface area contributed by atoms with Crippen molar-refractivity contribution in [2.75, 3.05) is 29.1 Å². The van der Waals surface area contributed by atoms with Crippen LogP contribution in [0.15, 0.2) is 34.7 Å². The Kier molecular flexibility index (Phi) is 7.71. The maximum atomic E-state index is 13.4. The van der Waals surface area contributed by atoms with Gasteiger partial charge >= 0.3 is 12.1 Å². The first kappa shape index (κ1) is 26.8. The SMILES string of the molecule is CS(=O)(=O)CCCN(c1nc2oc(-c3ccc(F)cc3)c(C(=O)OC(N)=O)c2cc1I)S(C)(=O)=O. The average Bonchev–Trinajstić information content (AvgIpc) is 3.07. The van der Waals surface area contributed by atoms with Gasteiger partial charge in [0, 0.05) is 18.4 Å². The van der Waals surface area contributed by atoms with E-state index in [0.29, 0.717) is 0 Å². The number of nitrogens with two attached hydrogens (primary N) is 1. The van der Waals surface area contributed by atoms with Gasteiger partial charge in [-0.3, -0.25) is 4.31 Å². The van der Waals surface area contributed by atoms with Crippen LogP contribution >= 0.6 is 22.6 Å². The second-order valence-corrected chi connectivity index (χ2v) is 12.8. The molecule has 2 aromatic heterocycles. The van der Waals surface area contributed by atoms with E-state index in [1.54, 1.807) is 22.6 Å². The summed E-state index contributed by atoms with van der Waals surface area (Å²) in [6.07, 6.45) is 0.634. The minimum Gasteiger partial charge on any atom is -0.437 e. The summed E-state index contributed by atoms with van der Waals surface area (Å²) < 4.78 is 72.8. The predicted octanol–water partition coefficient (Wildman–Crippen LogP) is 2.67. The van der Waals surface area contributed by atoms with Crippen LogP contribution in [0.5, 0.6) is 0 Å². The number of fused-ring (bicyclic) bond motifs is 1. The number of carbonyl (C=O) groups excluding carboxylic acids is 2. The molecule has 0 aliphatic heterocycles. The fraction of sp³-hybridized carbons (Fsp3) is 0.250. The molecule has 1 aromatic carbocycles. The summed E-state index contributed by atoms with van der Waals surface area (Å²) in [5, 5.41) is 0.0910. The van der Waals surface area contributed by atoms with Gasteiger partial charge in [0.05, 0.1) is 21.0 Å². The van der Waals surface area contributed by atoms with Crippen LogP contribution in [0.3, 0.4) is 0 Å². The lowest BCUT2D eigenvalue weighted by Gasteiger charge is -2.22. The fourth-order valence-electron chi connectivity index (χ4n) is 3.21. The van der Waals surface area contributed by atoms with Crippen molar-refractivity contribution in [2.24, 2.45) is 5.73 Å². The fourth-order valence-corrected chi connectivity index (χ4v) is 5.67. The van der Waals surface area contributed by atoms with Crippen molar-refractivity contribution in [3.63, 3.8) is 0 Å². The van der Waals surface area contributed by atoms with Gasteiger partial charge in [0.2, 0.25) is 15.7 Å². The van der Waals surface area contributed by atoms with E-state index in [9.17, 15) is 30.8 Å². The largest absolute Gasteiger partial charge is 0.437 e. The van der Waals surface area contributed by atoms with Crippen molar-refractivity contribution in [3.8, 4) is 11.3 Å². The normalized spacial score (nSPS) is 12.0. The number of amides is 1. The molecule has 35 heavy (non-hydrogen) atoms. The van der Waals surface area contributed by atoms with Gasteiger partial charge in [-0.2, -0.15) is 4.98 Å². The minimum atomic E-state index is -3.88.